The molecule has 9 heteroatoms. The van der Waals surface area contributed by atoms with Crippen molar-refractivity contribution in [2.45, 2.75) is 24.7 Å². The molecule has 0 saturated carbocycles. The second-order valence-electron chi connectivity index (χ2n) is 6.34. The minimum atomic E-state index is -3.89. The summed E-state index contributed by atoms with van der Waals surface area (Å²) in [5, 5.41) is 2.60. The van der Waals surface area contributed by atoms with Crippen LogP contribution in [0, 0.1) is 0 Å². The van der Waals surface area contributed by atoms with Gasteiger partial charge in [0.1, 0.15) is 5.75 Å². The Balaban J connectivity index is 1.85. The van der Waals surface area contributed by atoms with Gasteiger partial charge in [0, 0.05) is 31.3 Å². The highest BCUT2D eigenvalue weighted by atomic mass is 32.2. The molecule has 3 rings (SSSR count). The summed E-state index contributed by atoms with van der Waals surface area (Å²) in [7, 11) is -2.47. The number of rotatable bonds is 6. The molecular formula is C19H21N3O5S. The van der Waals surface area contributed by atoms with Crippen LogP contribution < -0.4 is 19.7 Å². The molecule has 0 spiro atoms. The van der Waals surface area contributed by atoms with Crippen molar-refractivity contribution >= 4 is 38.9 Å². The molecule has 1 fully saturated rings. The molecule has 1 saturated heterocycles. The molecule has 0 unspecified atom stereocenters. The van der Waals surface area contributed by atoms with Crippen LogP contribution in [-0.2, 0) is 19.6 Å². The molecule has 2 aromatic carbocycles. The van der Waals surface area contributed by atoms with Gasteiger partial charge in [0.05, 0.1) is 17.7 Å². The number of sulfonamides is 1. The number of amides is 2. The van der Waals surface area contributed by atoms with E-state index in [2.05, 4.69) is 10.0 Å². The number of anilines is 3. The van der Waals surface area contributed by atoms with Gasteiger partial charge in [-0.25, -0.2) is 8.42 Å². The predicted octanol–water partition coefficient (Wildman–Crippen LogP) is 2.58. The van der Waals surface area contributed by atoms with Gasteiger partial charge in [0.25, 0.3) is 10.0 Å². The van der Waals surface area contributed by atoms with Crippen molar-refractivity contribution in [1.29, 1.82) is 0 Å². The van der Waals surface area contributed by atoms with Gasteiger partial charge in [0.2, 0.25) is 11.8 Å². The third-order valence-electron chi connectivity index (χ3n) is 4.30. The number of nitrogens with zero attached hydrogens (tertiary/aromatic N) is 1. The van der Waals surface area contributed by atoms with Gasteiger partial charge < -0.3 is 15.0 Å². The van der Waals surface area contributed by atoms with Crippen LogP contribution in [-0.4, -0.2) is 33.9 Å². The molecule has 0 aromatic heterocycles. The Morgan fingerprint density at radius 2 is 1.86 bits per heavy atom. The lowest BCUT2D eigenvalue weighted by Gasteiger charge is -2.17. The number of carbonyl (C=O) groups excluding carboxylic acids is 2. The van der Waals surface area contributed by atoms with Crippen LogP contribution in [0.3, 0.4) is 0 Å². The number of hydrogen-bond donors (Lipinski definition) is 2. The van der Waals surface area contributed by atoms with Crippen molar-refractivity contribution < 1.29 is 22.7 Å². The van der Waals surface area contributed by atoms with E-state index < -0.39 is 10.0 Å². The van der Waals surface area contributed by atoms with Gasteiger partial charge in [0.15, 0.2) is 0 Å². The van der Waals surface area contributed by atoms with E-state index in [1.807, 2.05) is 0 Å². The van der Waals surface area contributed by atoms with Crippen LogP contribution in [0.4, 0.5) is 17.1 Å². The number of methoxy groups -OCH3 is 1. The first-order chi connectivity index (χ1) is 13.3. The fourth-order valence-corrected chi connectivity index (χ4v) is 4.06. The van der Waals surface area contributed by atoms with Crippen LogP contribution in [0.25, 0.3) is 0 Å². The minimum Gasteiger partial charge on any atom is -0.495 e. The molecule has 1 aliphatic rings. The molecule has 0 radical (unpaired) electrons. The monoisotopic (exact) mass is 403 g/mol. The molecule has 1 aliphatic heterocycles. The summed E-state index contributed by atoms with van der Waals surface area (Å²) in [6.07, 6.45) is 1.30. The van der Waals surface area contributed by atoms with Crippen LogP contribution in [0.2, 0.25) is 0 Å². The van der Waals surface area contributed by atoms with E-state index in [0.717, 1.165) is 6.42 Å². The van der Waals surface area contributed by atoms with Crippen LogP contribution >= 0.6 is 0 Å². The molecule has 0 aliphatic carbocycles. The van der Waals surface area contributed by atoms with Crippen molar-refractivity contribution in [3.63, 3.8) is 0 Å². The van der Waals surface area contributed by atoms with E-state index in [0.29, 0.717) is 30.1 Å². The van der Waals surface area contributed by atoms with Crippen LogP contribution in [0.15, 0.2) is 47.4 Å². The van der Waals surface area contributed by atoms with Gasteiger partial charge in [-0.2, -0.15) is 0 Å². The van der Waals surface area contributed by atoms with Gasteiger partial charge >= 0.3 is 0 Å². The maximum absolute atomic E-state index is 12.8. The average Bonchev–Trinajstić information content (AvgIpc) is 3.07. The zero-order valence-corrected chi connectivity index (χ0v) is 16.4. The van der Waals surface area contributed by atoms with E-state index in [1.54, 1.807) is 29.2 Å². The van der Waals surface area contributed by atoms with E-state index >= 15 is 0 Å². The molecule has 2 aromatic rings. The van der Waals surface area contributed by atoms with E-state index in [-0.39, 0.29) is 22.4 Å². The molecule has 2 amide bonds. The summed E-state index contributed by atoms with van der Waals surface area (Å²) in [5.41, 5.74) is 1.31. The predicted molar refractivity (Wildman–Crippen MR) is 106 cm³/mol. The first-order valence-electron chi connectivity index (χ1n) is 8.69. The number of ether oxygens (including phenoxy) is 1. The van der Waals surface area contributed by atoms with Crippen molar-refractivity contribution in [1.82, 2.24) is 0 Å². The molecule has 148 valence electrons. The highest BCUT2D eigenvalue weighted by Crippen LogP contribution is 2.30. The summed E-state index contributed by atoms with van der Waals surface area (Å²) in [6.45, 7) is 2.00. The Hall–Kier alpha value is -3.07. The summed E-state index contributed by atoms with van der Waals surface area (Å²) < 4.78 is 33.2. The Bertz CT molecular complexity index is 1000. The number of benzene rings is 2. The number of nitrogens with one attached hydrogen (secondary N) is 2. The maximum Gasteiger partial charge on any atom is 0.262 e. The van der Waals surface area contributed by atoms with E-state index in [4.69, 9.17) is 4.74 Å². The largest absolute Gasteiger partial charge is 0.495 e. The number of carbonyl (C=O) groups is 2. The van der Waals surface area contributed by atoms with Crippen molar-refractivity contribution in [2.24, 2.45) is 0 Å². The molecule has 2 N–H and O–H groups in total. The summed E-state index contributed by atoms with van der Waals surface area (Å²) in [6, 6.07) is 10.8. The Kier molecular flexibility index (Phi) is 5.55. The first-order valence-corrected chi connectivity index (χ1v) is 10.2. The lowest BCUT2D eigenvalue weighted by atomic mass is 10.2. The smallest absolute Gasteiger partial charge is 0.262 e. The second kappa shape index (κ2) is 7.89. The summed E-state index contributed by atoms with van der Waals surface area (Å²) >= 11 is 0. The molecule has 28 heavy (non-hydrogen) atoms. The average molecular weight is 403 g/mol. The molecule has 0 atom stereocenters. The van der Waals surface area contributed by atoms with Gasteiger partial charge in [-0.3, -0.25) is 14.3 Å². The van der Waals surface area contributed by atoms with Gasteiger partial charge in [-0.1, -0.05) is 0 Å². The summed E-state index contributed by atoms with van der Waals surface area (Å²) in [5.74, 6) is 0.0799. The van der Waals surface area contributed by atoms with E-state index in [9.17, 15) is 18.0 Å². The van der Waals surface area contributed by atoms with Crippen LogP contribution in [0.5, 0.6) is 5.75 Å². The Labute approximate surface area is 163 Å². The van der Waals surface area contributed by atoms with E-state index in [1.165, 1.54) is 32.2 Å². The Morgan fingerprint density at radius 1 is 1.14 bits per heavy atom. The van der Waals surface area contributed by atoms with Gasteiger partial charge in [-0.15, -0.1) is 0 Å². The second-order valence-corrected chi connectivity index (χ2v) is 8.03. The first kappa shape index (κ1) is 19.7. The lowest BCUT2D eigenvalue weighted by molar-refractivity contribution is -0.117. The summed E-state index contributed by atoms with van der Waals surface area (Å²) in [4.78, 5) is 24.8. The molecular weight excluding hydrogens is 382 g/mol. The molecule has 0 bridgehead atoms. The molecule has 8 nitrogen and oxygen atoms in total. The number of hydrogen-bond acceptors (Lipinski definition) is 5. The third kappa shape index (κ3) is 4.25. The lowest BCUT2D eigenvalue weighted by Crippen LogP contribution is -2.23. The van der Waals surface area contributed by atoms with Gasteiger partial charge in [-0.05, 0) is 48.9 Å². The highest BCUT2D eigenvalue weighted by Gasteiger charge is 2.23. The third-order valence-corrected chi connectivity index (χ3v) is 5.68. The Morgan fingerprint density at radius 3 is 2.43 bits per heavy atom. The zero-order valence-electron chi connectivity index (χ0n) is 15.6. The SMILES string of the molecule is COc1ccc(NC(C)=O)cc1NS(=O)(=O)c1ccc(N2CCCC2=O)cc1. The standard InChI is InChI=1S/C19H21N3O5S/c1-13(23)20-14-5-10-18(27-2)17(12-14)21-28(25,26)16-8-6-15(7-9-16)22-11-3-4-19(22)24/h5-10,12,21H,3-4,11H2,1-2H3,(H,20,23). The minimum absolute atomic E-state index is 0.0354. The topological polar surface area (TPSA) is 105 Å². The maximum atomic E-state index is 12.8. The van der Waals surface area contributed by atoms with Crippen molar-refractivity contribution in [3.05, 3.63) is 42.5 Å². The zero-order chi connectivity index (χ0) is 20.3. The normalized spacial score (nSPS) is 14.1. The fraction of sp³-hybridized carbons (Fsp3) is 0.263. The highest BCUT2D eigenvalue weighted by molar-refractivity contribution is 7.92. The van der Waals surface area contributed by atoms with Crippen molar-refractivity contribution in [3.8, 4) is 5.75 Å². The van der Waals surface area contributed by atoms with Crippen molar-refractivity contribution in [2.75, 3.05) is 28.6 Å². The van der Waals surface area contributed by atoms with Crippen LogP contribution in [0.1, 0.15) is 19.8 Å². The quantitative estimate of drug-likeness (QED) is 0.771. The molecule has 1 heterocycles. The fourth-order valence-electron chi connectivity index (χ4n) is 3.00.